The molecule has 31 heavy (non-hydrogen) atoms. The molecule has 0 saturated heterocycles. The topological polar surface area (TPSA) is 36.9 Å². The molecule has 1 aliphatic heterocycles. The van der Waals surface area contributed by atoms with Crippen LogP contribution in [0.4, 0.5) is 0 Å². The third-order valence-electron chi connectivity index (χ3n) is 8.10. The molecule has 7 heteroatoms. The second-order valence-electron chi connectivity index (χ2n) is 13.8. The molecule has 0 radical (unpaired) electrons. The first-order chi connectivity index (χ1) is 13.5. The summed E-state index contributed by atoms with van der Waals surface area (Å²) in [7, 11) is -5.90. The maximum atomic E-state index is 6.97. The number of hydrogen-bond donors (Lipinski definition) is 0. The van der Waals surface area contributed by atoms with Crippen LogP contribution < -0.4 is 0 Å². The van der Waals surface area contributed by atoms with Crippen LogP contribution in [0.3, 0.4) is 0 Å². The summed E-state index contributed by atoms with van der Waals surface area (Å²) in [6.45, 7) is 34.8. The summed E-state index contributed by atoms with van der Waals surface area (Å²) >= 11 is 0. The number of rotatable bonds is 7. The van der Waals surface area contributed by atoms with E-state index in [4.69, 9.17) is 18.0 Å². The fraction of sp³-hybridized carbons (Fsp3) is 0.917. The van der Waals surface area contributed by atoms with Gasteiger partial charge < -0.3 is 18.0 Å². The molecule has 184 valence electrons. The Hall–Kier alpha value is 0.0706. The molecule has 4 nitrogen and oxygen atoms in total. The Labute approximate surface area is 196 Å². The Morgan fingerprint density at radius 1 is 0.677 bits per heavy atom. The van der Waals surface area contributed by atoms with Crippen LogP contribution in [0, 0.1) is 0 Å². The maximum Gasteiger partial charge on any atom is 0.193 e. The lowest BCUT2D eigenvalue weighted by Gasteiger charge is -2.47. The Morgan fingerprint density at radius 3 is 1.52 bits per heavy atom. The van der Waals surface area contributed by atoms with Crippen molar-refractivity contribution in [3.8, 4) is 0 Å². The fourth-order valence-corrected chi connectivity index (χ4v) is 6.13. The van der Waals surface area contributed by atoms with Gasteiger partial charge in [-0.1, -0.05) is 62.3 Å². The van der Waals surface area contributed by atoms with E-state index in [2.05, 4.69) is 108 Å². The minimum Gasteiger partial charge on any atom is -0.493 e. The quantitative estimate of drug-likeness (QED) is 0.344. The Morgan fingerprint density at radius 2 is 1.10 bits per heavy atom. The van der Waals surface area contributed by atoms with Crippen molar-refractivity contribution in [2.24, 2.45) is 0 Å². The summed E-state index contributed by atoms with van der Waals surface area (Å²) in [4.78, 5) is 0. The lowest BCUT2D eigenvalue weighted by atomic mass is 10.1. The van der Waals surface area contributed by atoms with E-state index >= 15 is 0 Å². The van der Waals surface area contributed by atoms with Gasteiger partial charge in [-0.05, 0) is 60.5 Å². The van der Waals surface area contributed by atoms with Crippen LogP contribution in [-0.2, 0) is 18.0 Å². The highest BCUT2D eigenvalue weighted by atomic mass is 28.4. The van der Waals surface area contributed by atoms with Crippen LogP contribution in [0.25, 0.3) is 0 Å². The highest BCUT2D eigenvalue weighted by Crippen LogP contribution is 2.42. The summed E-state index contributed by atoms with van der Waals surface area (Å²) in [6, 6.07) is 0. The van der Waals surface area contributed by atoms with Crippen molar-refractivity contribution in [2.45, 2.75) is 135 Å². The summed E-state index contributed by atoms with van der Waals surface area (Å²) in [6.07, 6.45) is 3.42. The minimum atomic E-state index is -2.03. The summed E-state index contributed by atoms with van der Waals surface area (Å²) in [5, 5.41) is 0.401. The molecule has 0 aromatic carbocycles. The molecule has 0 saturated carbocycles. The zero-order valence-electron chi connectivity index (χ0n) is 23.2. The van der Waals surface area contributed by atoms with Crippen molar-refractivity contribution in [1.29, 1.82) is 0 Å². The van der Waals surface area contributed by atoms with Gasteiger partial charge in [0.2, 0.25) is 0 Å². The van der Waals surface area contributed by atoms with Gasteiger partial charge in [0.1, 0.15) is 12.2 Å². The van der Waals surface area contributed by atoms with E-state index in [1.54, 1.807) is 0 Å². The molecule has 0 fully saturated rings. The molecule has 0 aromatic heterocycles. The third kappa shape index (κ3) is 7.27. The molecule has 0 spiro atoms. The monoisotopic (exact) mass is 488 g/mol. The number of ether oxygens (including phenoxy) is 1. The van der Waals surface area contributed by atoms with Gasteiger partial charge in [-0.3, -0.25) is 0 Å². The van der Waals surface area contributed by atoms with Crippen LogP contribution in [0.1, 0.15) is 62.3 Å². The first kappa shape index (κ1) is 29.1. The molecule has 1 aliphatic rings. The molecule has 0 bridgehead atoms. The molecule has 3 unspecified atom stereocenters. The molecule has 0 aromatic rings. The van der Waals surface area contributed by atoms with Gasteiger partial charge in [-0.2, -0.15) is 0 Å². The Balaban J connectivity index is 3.23. The Bertz CT molecular complexity index is 622. The van der Waals surface area contributed by atoms with Gasteiger partial charge in [0.15, 0.2) is 25.0 Å². The van der Waals surface area contributed by atoms with Gasteiger partial charge in [-0.15, -0.1) is 0 Å². The van der Waals surface area contributed by atoms with Crippen molar-refractivity contribution in [3.05, 3.63) is 12.3 Å². The standard InChI is InChI=1S/C24H52O4Si3/c1-22(2,3)29(10,11)26-18-20-21(28-31(14,15)24(7,8)9)19(16-17-25-20)27-30(12,13)23(4,5)6/h16-17,19-21H,18H2,1-15H3. The minimum absolute atomic E-state index is 0.112. The summed E-state index contributed by atoms with van der Waals surface area (Å²) < 4.78 is 26.6. The molecule has 0 amide bonds. The Kier molecular flexibility index (Phi) is 8.80. The normalized spacial score (nSPS) is 24.3. The molecule has 0 N–H and O–H groups in total. The second-order valence-corrected chi connectivity index (χ2v) is 28.1. The first-order valence-corrected chi connectivity index (χ1v) is 20.6. The SMILES string of the molecule is CC(C)(C)[Si](C)(C)OCC1OC=CC(O[Si](C)(C)C(C)(C)C)C1O[Si](C)(C)C(C)(C)C. The van der Waals surface area contributed by atoms with Gasteiger partial charge in [0.25, 0.3) is 0 Å². The molecule has 1 heterocycles. The summed E-state index contributed by atoms with van der Waals surface area (Å²) in [5.41, 5.74) is 0. The fourth-order valence-electron chi connectivity index (χ4n) is 2.55. The summed E-state index contributed by atoms with van der Waals surface area (Å²) in [5.74, 6) is 0. The van der Waals surface area contributed by atoms with Gasteiger partial charge in [0, 0.05) is 0 Å². The van der Waals surface area contributed by atoms with Crippen LogP contribution >= 0.6 is 0 Å². The highest BCUT2D eigenvalue weighted by molar-refractivity contribution is 6.75. The van der Waals surface area contributed by atoms with E-state index < -0.39 is 25.0 Å². The van der Waals surface area contributed by atoms with Crippen LogP contribution in [0.2, 0.25) is 54.4 Å². The number of hydrogen-bond acceptors (Lipinski definition) is 4. The average molecular weight is 489 g/mol. The second kappa shape index (κ2) is 9.37. The van der Waals surface area contributed by atoms with Gasteiger partial charge in [0.05, 0.1) is 19.0 Å². The van der Waals surface area contributed by atoms with E-state index in [-0.39, 0.29) is 33.4 Å². The van der Waals surface area contributed by atoms with Crippen molar-refractivity contribution in [2.75, 3.05) is 6.61 Å². The van der Waals surface area contributed by atoms with Crippen molar-refractivity contribution < 1.29 is 18.0 Å². The molecular formula is C24H52O4Si3. The molecule has 1 rings (SSSR count). The zero-order chi connectivity index (χ0) is 24.7. The maximum absolute atomic E-state index is 6.97. The van der Waals surface area contributed by atoms with Gasteiger partial charge >= 0.3 is 0 Å². The lowest BCUT2D eigenvalue weighted by Crippen LogP contribution is -2.57. The van der Waals surface area contributed by atoms with E-state index in [1.165, 1.54) is 0 Å². The van der Waals surface area contributed by atoms with E-state index in [0.29, 0.717) is 6.61 Å². The van der Waals surface area contributed by atoms with E-state index in [9.17, 15) is 0 Å². The van der Waals surface area contributed by atoms with E-state index in [0.717, 1.165) is 0 Å². The highest BCUT2D eigenvalue weighted by Gasteiger charge is 2.48. The predicted molar refractivity (Wildman–Crippen MR) is 141 cm³/mol. The van der Waals surface area contributed by atoms with Crippen LogP contribution in [0.5, 0.6) is 0 Å². The smallest absolute Gasteiger partial charge is 0.193 e. The average Bonchev–Trinajstić information content (AvgIpc) is 2.51. The van der Waals surface area contributed by atoms with Crippen molar-refractivity contribution >= 4 is 25.0 Å². The largest absolute Gasteiger partial charge is 0.493 e. The van der Waals surface area contributed by atoms with Crippen molar-refractivity contribution in [1.82, 2.24) is 0 Å². The predicted octanol–water partition coefficient (Wildman–Crippen LogP) is 7.70. The molecule has 3 atom stereocenters. The van der Waals surface area contributed by atoms with Crippen molar-refractivity contribution in [3.63, 3.8) is 0 Å². The van der Waals surface area contributed by atoms with E-state index in [1.807, 2.05) is 6.26 Å². The van der Waals surface area contributed by atoms with Crippen LogP contribution in [0.15, 0.2) is 12.3 Å². The zero-order valence-corrected chi connectivity index (χ0v) is 26.2. The molecule has 0 aliphatic carbocycles. The molecular weight excluding hydrogens is 437 g/mol. The van der Waals surface area contributed by atoms with Crippen LogP contribution in [-0.4, -0.2) is 49.9 Å². The third-order valence-corrected chi connectivity index (χ3v) is 21.5. The van der Waals surface area contributed by atoms with Gasteiger partial charge in [-0.25, -0.2) is 0 Å². The lowest BCUT2D eigenvalue weighted by molar-refractivity contribution is -0.0680. The first-order valence-electron chi connectivity index (χ1n) is 11.8.